The van der Waals surface area contributed by atoms with Gasteiger partial charge in [-0.2, -0.15) is 0 Å². The smallest absolute Gasteiger partial charge is 0.0619 e. The molecule has 0 aliphatic heterocycles. The lowest BCUT2D eigenvalue weighted by atomic mass is 9.94. The van der Waals surface area contributed by atoms with Crippen molar-refractivity contribution in [2.75, 3.05) is 0 Å². The molecule has 1 nitrogen and oxygen atoms in total. The van der Waals surface area contributed by atoms with Crippen molar-refractivity contribution in [2.45, 2.75) is 0 Å². The van der Waals surface area contributed by atoms with Crippen LogP contribution in [0.25, 0.3) is 90.1 Å². The third kappa shape index (κ3) is 3.78. The number of rotatable bonds is 3. The van der Waals surface area contributed by atoms with Crippen molar-refractivity contribution < 1.29 is 0 Å². The van der Waals surface area contributed by atoms with E-state index in [4.69, 9.17) is 0 Å². The van der Waals surface area contributed by atoms with E-state index in [9.17, 15) is 0 Å². The van der Waals surface area contributed by atoms with Gasteiger partial charge in [0.05, 0.1) is 11.0 Å². The molecule has 0 saturated carbocycles. The quantitative estimate of drug-likeness (QED) is 0.188. The maximum absolute atomic E-state index is 2.45. The molecule has 3 aromatic heterocycles. The summed E-state index contributed by atoms with van der Waals surface area (Å²) < 4.78 is 7.78. The van der Waals surface area contributed by atoms with Crippen LogP contribution >= 0.6 is 22.7 Å². The monoisotopic (exact) mass is 607 g/mol. The molecule has 0 spiro atoms. The minimum absolute atomic E-state index is 1.17. The zero-order valence-electron chi connectivity index (χ0n) is 24.2. The standard InChI is InChI=1S/C42H25NS2/c1-2-10-29(11-3-1)43-37-15-7-4-12-30(37)36-25-28(26-18-20-40-34(22-26)31-13-5-8-16-38(31)44-40)24-33(42(36)43)27-19-21-41-35(23-27)32-14-6-9-17-39(32)45-41/h1-25H. The van der Waals surface area contributed by atoms with Crippen LogP contribution in [0.2, 0.25) is 0 Å². The number of aromatic nitrogens is 1. The molecule has 0 aliphatic carbocycles. The Morgan fingerprint density at radius 1 is 0.356 bits per heavy atom. The van der Waals surface area contributed by atoms with Crippen molar-refractivity contribution >= 4 is 84.8 Å². The molecule has 45 heavy (non-hydrogen) atoms. The van der Waals surface area contributed by atoms with Crippen molar-refractivity contribution in [2.24, 2.45) is 0 Å². The van der Waals surface area contributed by atoms with Gasteiger partial charge in [0.2, 0.25) is 0 Å². The zero-order chi connectivity index (χ0) is 29.5. The average molecular weight is 608 g/mol. The van der Waals surface area contributed by atoms with Crippen LogP contribution in [-0.2, 0) is 0 Å². The molecule has 0 saturated heterocycles. The van der Waals surface area contributed by atoms with Crippen molar-refractivity contribution in [3.8, 4) is 27.9 Å². The zero-order valence-corrected chi connectivity index (χ0v) is 25.8. The highest BCUT2D eigenvalue weighted by molar-refractivity contribution is 7.26. The Hall–Kier alpha value is -5.22. The van der Waals surface area contributed by atoms with E-state index < -0.39 is 0 Å². The van der Waals surface area contributed by atoms with Crippen molar-refractivity contribution in [1.29, 1.82) is 0 Å². The fourth-order valence-electron chi connectivity index (χ4n) is 7.13. The first-order chi connectivity index (χ1) is 22.3. The minimum Gasteiger partial charge on any atom is -0.309 e. The van der Waals surface area contributed by atoms with E-state index in [1.54, 1.807) is 0 Å². The van der Waals surface area contributed by atoms with E-state index in [1.165, 1.54) is 90.1 Å². The van der Waals surface area contributed by atoms with Crippen molar-refractivity contribution in [3.05, 3.63) is 152 Å². The Morgan fingerprint density at radius 3 is 1.60 bits per heavy atom. The van der Waals surface area contributed by atoms with Crippen LogP contribution in [0.3, 0.4) is 0 Å². The molecule has 3 heteroatoms. The molecule has 0 atom stereocenters. The summed E-state index contributed by atoms with van der Waals surface area (Å²) in [6, 6.07) is 56.0. The molecular weight excluding hydrogens is 583 g/mol. The highest BCUT2D eigenvalue weighted by Crippen LogP contribution is 2.44. The lowest BCUT2D eigenvalue weighted by molar-refractivity contribution is 1.18. The summed E-state index contributed by atoms with van der Waals surface area (Å²) in [5.41, 5.74) is 8.60. The SMILES string of the molecule is c1ccc(-n2c3ccccc3c3cc(-c4ccc5sc6ccccc6c5c4)cc(-c4ccc5sc6ccccc6c5c4)c32)cc1. The lowest BCUT2D eigenvalue weighted by Gasteiger charge is -2.14. The largest absolute Gasteiger partial charge is 0.309 e. The number of thiophene rings is 2. The van der Waals surface area contributed by atoms with Gasteiger partial charge in [0.1, 0.15) is 0 Å². The summed E-state index contributed by atoms with van der Waals surface area (Å²) >= 11 is 3.74. The molecule has 3 heterocycles. The van der Waals surface area contributed by atoms with Gasteiger partial charge in [-0.1, -0.05) is 84.9 Å². The highest BCUT2D eigenvalue weighted by Gasteiger charge is 2.19. The number of hydrogen-bond donors (Lipinski definition) is 0. The maximum Gasteiger partial charge on any atom is 0.0619 e. The fourth-order valence-corrected chi connectivity index (χ4v) is 9.30. The topological polar surface area (TPSA) is 4.93 Å². The summed E-state index contributed by atoms with van der Waals surface area (Å²) in [6.07, 6.45) is 0. The van der Waals surface area contributed by atoms with Crippen LogP contribution in [0.4, 0.5) is 0 Å². The molecule has 0 aliphatic rings. The second-order valence-electron chi connectivity index (χ2n) is 11.7. The number of fused-ring (bicyclic) bond motifs is 9. The summed E-state index contributed by atoms with van der Waals surface area (Å²) in [4.78, 5) is 0. The van der Waals surface area contributed by atoms with E-state index >= 15 is 0 Å². The van der Waals surface area contributed by atoms with E-state index in [1.807, 2.05) is 22.7 Å². The first kappa shape index (κ1) is 25.1. The predicted octanol–water partition coefficient (Wildman–Crippen LogP) is 12.9. The summed E-state index contributed by atoms with van der Waals surface area (Å²) in [5, 5.41) is 7.84. The molecule has 0 fully saturated rings. The normalized spacial score (nSPS) is 12.0. The van der Waals surface area contributed by atoms with E-state index in [0.717, 1.165) is 0 Å². The van der Waals surface area contributed by atoms with Gasteiger partial charge >= 0.3 is 0 Å². The van der Waals surface area contributed by atoms with Gasteiger partial charge < -0.3 is 4.57 Å². The van der Waals surface area contributed by atoms with Gasteiger partial charge in [0.15, 0.2) is 0 Å². The van der Waals surface area contributed by atoms with E-state index in [-0.39, 0.29) is 0 Å². The molecule has 0 bridgehead atoms. The van der Waals surface area contributed by atoms with Gasteiger partial charge in [-0.25, -0.2) is 0 Å². The number of nitrogens with zero attached hydrogens (tertiary/aromatic N) is 1. The van der Waals surface area contributed by atoms with Crippen molar-refractivity contribution in [3.63, 3.8) is 0 Å². The Labute approximate surface area is 267 Å². The Kier molecular flexibility index (Phi) is 5.39. The summed E-state index contributed by atoms with van der Waals surface area (Å²) in [5.74, 6) is 0. The predicted molar refractivity (Wildman–Crippen MR) is 197 cm³/mol. The Bertz CT molecular complexity index is 2760. The lowest BCUT2D eigenvalue weighted by Crippen LogP contribution is -1.95. The van der Waals surface area contributed by atoms with Gasteiger partial charge in [0.25, 0.3) is 0 Å². The second-order valence-corrected chi connectivity index (χ2v) is 13.9. The van der Waals surface area contributed by atoms with E-state index in [2.05, 4.69) is 156 Å². The first-order valence-corrected chi connectivity index (χ1v) is 16.9. The highest BCUT2D eigenvalue weighted by atomic mass is 32.1. The van der Waals surface area contributed by atoms with Crippen LogP contribution in [-0.4, -0.2) is 4.57 Å². The molecular formula is C42H25NS2. The van der Waals surface area contributed by atoms with Crippen LogP contribution in [0.1, 0.15) is 0 Å². The second kappa shape index (κ2) is 9.64. The molecule has 10 rings (SSSR count). The van der Waals surface area contributed by atoms with Crippen LogP contribution in [0, 0.1) is 0 Å². The molecule has 0 radical (unpaired) electrons. The maximum atomic E-state index is 2.45. The first-order valence-electron chi connectivity index (χ1n) is 15.3. The van der Waals surface area contributed by atoms with Crippen LogP contribution in [0.5, 0.6) is 0 Å². The van der Waals surface area contributed by atoms with Crippen LogP contribution < -0.4 is 0 Å². The van der Waals surface area contributed by atoms with Gasteiger partial charge in [-0.3, -0.25) is 0 Å². The molecule has 0 N–H and O–H groups in total. The molecule has 0 unspecified atom stereocenters. The minimum atomic E-state index is 1.17. The molecule has 10 aromatic rings. The number of hydrogen-bond acceptors (Lipinski definition) is 2. The van der Waals surface area contributed by atoms with Gasteiger partial charge in [-0.15, -0.1) is 22.7 Å². The summed E-state index contributed by atoms with van der Waals surface area (Å²) in [6.45, 7) is 0. The number of para-hydroxylation sites is 2. The fraction of sp³-hybridized carbons (Fsp3) is 0. The van der Waals surface area contributed by atoms with Gasteiger partial charge in [0, 0.05) is 62.4 Å². The third-order valence-electron chi connectivity index (χ3n) is 9.18. The van der Waals surface area contributed by atoms with Crippen molar-refractivity contribution in [1.82, 2.24) is 4.57 Å². The Balaban J connectivity index is 1.33. The average Bonchev–Trinajstić information content (AvgIpc) is 3.77. The molecule has 0 amide bonds. The Morgan fingerprint density at radius 2 is 0.889 bits per heavy atom. The third-order valence-corrected chi connectivity index (χ3v) is 11.5. The van der Waals surface area contributed by atoms with Gasteiger partial charge in [-0.05, 0) is 83.4 Å². The van der Waals surface area contributed by atoms with E-state index in [0.29, 0.717) is 0 Å². The molecule has 210 valence electrons. The van der Waals surface area contributed by atoms with Crippen LogP contribution in [0.15, 0.2) is 152 Å². The number of benzene rings is 7. The summed E-state index contributed by atoms with van der Waals surface area (Å²) in [7, 11) is 0. The molecule has 7 aromatic carbocycles.